The number of hydrogen-bond donors (Lipinski definition) is 0. The molecule has 0 spiro atoms. The molecule has 23 heavy (non-hydrogen) atoms. The lowest BCUT2D eigenvalue weighted by Crippen LogP contribution is -2.46. The molecule has 3 rings (SSSR count). The van der Waals surface area contributed by atoms with Gasteiger partial charge in [0.2, 0.25) is 0 Å². The summed E-state index contributed by atoms with van der Waals surface area (Å²) in [4.78, 5) is 8.76. The molecular formula is C16H17Cl2N5. The van der Waals surface area contributed by atoms with E-state index in [1.807, 2.05) is 29.8 Å². The number of imidazole rings is 1. The standard InChI is InChI=1S/C16H17Cl2N5/c1-21-11-20-15(9-19)16(21)10-22-4-6-23(7-5-22)12-2-3-13(17)14(18)8-12/h2-3,8,11H,4-7,10H2,1H3. The monoisotopic (exact) mass is 349 g/mol. The van der Waals surface area contributed by atoms with Gasteiger partial charge in [-0.05, 0) is 18.2 Å². The molecule has 0 radical (unpaired) electrons. The Kier molecular flexibility index (Phi) is 4.76. The SMILES string of the molecule is Cn1cnc(C#N)c1CN1CCN(c2ccc(Cl)c(Cl)c2)CC1. The van der Waals surface area contributed by atoms with E-state index >= 15 is 0 Å². The molecule has 1 aromatic carbocycles. The van der Waals surface area contributed by atoms with E-state index in [1.165, 1.54) is 0 Å². The van der Waals surface area contributed by atoms with E-state index in [-0.39, 0.29) is 0 Å². The molecule has 1 aromatic heterocycles. The van der Waals surface area contributed by atoms with Crippen molar-refractivity contribution in [2.45, 2.75) is 6.54 Å². The van der Waals surface area contributed by atoms with Gasteiger partial charge in [-0.1, -0.05) is 23.2 Å². The van der Waals surface area contributed by atoms with E-state index in [0.717, 1.165) is 44.1 Å². The Morgan fingerprint density at radius 1 is 1.17 bits per heavy atom. The molecule has 1 aliphatic heterocycles. The summed E-state index contributed by atoms with van der Waals surface area (Å²) < 4.78 is 1.92. The molecule has 0 atom stereocenters. The van der Waals surface area contributed by atoms with Gasteiger partial charge in [-0.2, -0.15) is 5.26 Å². The second-order valence-corrected chi connectivity index (χ2v) is 6.44. The van der Waals surface area contributed by atoms with Crippen LogP contribution in [0.1, 0.15) is 11.4 Å². The number of rotatable bonds is 3. The summed E-state index contributed by atoms with van der Waals surface area (Å²) in [6.45, 7) is 4.43. The lowest BCUT2D eigenvalue weighted by Gasteiger charge is -2.36. The molecule has 1 saturated heterocycles. The quantitative estimate of drug-likeness (QED) is 0.854. The molecule has 7 heteroatoms. The van der Waals surface area contributed by atoms with Gasteiger partial charge in [0.15, 0.2) is 5.69 Å². The van der Waals surface area contributed by atoms with Crippen LogP contribution in [0.2, 0.25) is 10.0 Å². The van der Waals surface area contributed by atoms with Crippen LogP contribution in [0.3, 0.4) is 0 Å². The van der Waals surface area contributed by atoms with Crippen LogP contribution in [0.25, 0.3) is 0 Å². The van der Waals surface area contributed by atoms with E-state index in [4.69, 9.17) is 28.5 Å². The minimum Gasteiger partial charge on any atom is -0.369 e. The smallest absolute Gasteiger partial charge is 0.162 e. The average Bonchev–Trinajstić information content (AvgIpc) is 2.91. The van der Waals surface area contributed by atoms with Crippen LogP contribution in [0.15, 0.2) is 24.5 Å². The van der Waals surface area contributed by atoms with E-state index in [9.17, 15) is 0 Å². The summed E-state index contributed by atoms with van der Waals surface area (Å²) in [5.41, 5.74) is 2.58. The molecule has 1 aliphatic rings. The fourth-order valence-electron chi connectivity index (χ4n) is 2.79. The maximum Gasteiger partial charge on any atom is 0.162 e. The Hall–Kier alpha value is -1.74. The predicted molar refractivity (Wildman–Crippen MR) is 91.9 cm³/mol. The predicted octanol–water partition coefficient (Wildman–Crippen LogP) is 2.92. The zero-order valence-electron chi connectivity index (χ0n) is 12.8. The van der Waals surface area contributed by atoms with Crippen molar-refractivity contribution in [3.63, 3.8) is 0 Å². The minimum absolute atomic E-state index is 0.513. The molecule has 0 aliphatic carbocycles. The van der Waals surface area contributed by atoms with Crippen molar-refractivity contribution in [1.29, 1.82) is 5.26 Å². The molecule has 0 unspecified atom stereocenters. The number of anilines is 1. The number of hydrogen-bond acceptors (Lipinski definition) is 4. The van der Waals surface area contributed by atoms with Crippen LogP contribution in [0, 0.1) is 11.3 Å². The third-order valence-corrected chi connectivity index (χ3v) is 4.92. The van der Waals surface area contributed by atoms with Crippen LogP contribution < -0.4 is 4.90 Å². The number of halogens is 2. The molecule has 2 heterocycles. The molecule has 5 nitrogen and oxygen atoms in total. The zero-order chi connectivity index (χ0) is 16.4. The van der Waals surface area contributed by atoms with Crippen LogP contribution in [0.4, 0.5) is 5.69 Å². The first-order chi connectivity index (χ1) is 11.1. The van der Waals surface area contributed by atoms with Crippen molar-refractivity contribution in [2.75, 3.05) is 31.1 Å². The Bertz CT molecular complexity index is 741. The van der Waals surface area contributed by atoms with Crippen molar-refractivity contribution in [3.8, 4) is 6.07 Å². The number of piperazine rings is 1. The van der Waals surface area contributed by atoms with Gasteiger partial charge in [-0.3, -0.25) is 4.90 Å². The van der Waals surface area contributed by atoms with Crippen LogP contribution >= 0.6 is 23.2 Å². The Labute approximate surface area is 145 Å². The second kappa shape index (κ2) is 6.79. The van der Waals surface area contributed by atoms with Crippen molar-refractivity contribution in [3.05, 3.63) is 46.0 Å². The van der Waals surface area contributed by atoms with Gasteiger partial charge < -0.3 is 9.47 Å². The second-order valence-electron chi connectivity index (χ2n) is 5.62. The number of aryl methyl sites for hydroxylation is 1. The summed E-state index contributed by atoms with van der Waals surface area (Å²) in [5, 5.41) is 10.3. The summed E-state index contributed by atoms with van der Waals surface area (Å²) in [6.07, 6.45) is 1.69. The highest BCUT2D eigenvalue weighted by atomic mass is 35.5. The maximum absolute atomic E-state index is 9.12. The van der Waals surface area contributed by atoms with Crippen molar-refractivity contribution < 1.29 is 0 Å². The molecule has 120 valence electrons. The molecular weight excluding hydrogens is 333 g/mol. The van der Waals surface area contributed by atoms with Crippen molar-refractivity contribution in [2.24, 2.45) is 7.05 Å². The third kappa shape index (κ3) is 3.45. The molecule has 0 N–H and O–H groups in total. The highest BCUT2D eigenvalue weighted by molar-refractivity contribution is 6.42. The zero-order valence-corrected chi connectivity index (χ0v) is 14.3. The van der Waals surface area contributed by atoms with Gasteiger partial charge in [0.25, 0.3) is 0 Å². The van der Waals surface area contributed by atoms with Gasteiger partial charge in [-0.15, -0.1) is 0 Å². The number of benzene rings is 1. The minimum atomic E-state index is 0.513. The van der Waals surface area contributed by atoms with Gasteiger partial charge >= 0.3 is 0 Å². The van der Waals surface area contributed by atoms with Gasteiger partial charge in [-0.25, -0.2) is 4.98 Å². The maximum atomic E-state index is 9.12. The molecule has 2 aromatic rings. The highest BCUT2D eigenvalue weighted by Crippen LogP contribution is 2.27. The summed E-state index contributed by atoms with van der Waals surface area (Å²) >= 11 is 12.1. The summed E-state index contributed by atoms with van der Waals surface area (Å²) in [5.74, 6) is 0. The Morgan fingerprint density at radius 3 is 2.57 bits per heavy atom. The number of nitriles is 1. The summed E-state index contributed by atoms with van der Waals surface area (Å²) in [7, 11) is 1.93. The fraction of sp³-hybridized carbons (Fsp3) is 0.375. The first-order valence-corrected chi connectivity index (χ1v) is 8.16. The topological polar surface area (TPSA) is 48.1 Å². The lowest BCUT2D eigenvalue weighted by atomic mass is 10.2. The normalized spacial score (nSPS) is 15.7. The summed E-state index contributed by atoms with van der Waals surface area (Å²) in [6, 6.07) is 7.90. The van der Waals surface area contributed by atoms with E-state index in [0.29, 0.717) is 15.7 Å². The van der Waals surface area contributed by atoms with E-state index < -0.39 is 0 Å². The van der Waals surface area contributed by atoms with Crippen LogP contribution in [0.5, 0.6) is 0 Å². The van der Waals surface area contributed by atoms with Crippen LogP contribution in [-0.4, -0.2) is 40.6 Å². The van der Waals surface area contributed by atoms with E-state index in [1.54, 1.807) is 6.33 Å². The molecule has 0 amide bonds. The number of aromatic nitrogens is 2. The first-order valence-electron chi connectivity index (χ1n) is 7.41. The Balaban J connectivity index is 1.63. The first kappa shape index (κ1) is 16.1. The van der Waals surface area contributed by atoms with Gasteiger partial charge in [0.1, 0.15) is 6.07 Å². The van der Waals surface area contributed by atoms with Crippen LogP contribution in [-0.2, 0) is 13.6 Å². The molecule has 1 fully saturated rings. The largest absolute Gasteiger partial charge is 0.369 e. The van der Waals surface area contributed by atoms with Gasteiger partial charge in [0.05, 0.1) is 22.1 Å². The number of nitrogens with zero attached hydrogens (tertiary/aromatic N) is 5. The molecule has 0 saturated carbocycles. The van der Waals surface area contributed by atoms with Gasteiger partial charge in [0, 0.05) is 45.5 Å². The average molecular weight is 350 g/mol. The highest BCUT2D eigenvalue weighted by Gasteiger charge is 2.20. The van der Waals surface area contributed by atoms with E-state index in [2.05, 4.69) is 20.9 Å². The third-order valence-electron chi connectivity index (χ3n) is 4.18. The fourth-order valence-corrected chi connectivity index (χ4v) is 3.09. The van der Waals surface area contributed by atoms with Crippen molar-refractivity contribution in [1.82, 2.24) is 14.5 Å². The Morgan fingerprint density at radius 2 is 1.91 bits per heavy atom. The lowest BCUT2D eigenvalue weighted by molar-refractivity contribution is 0.244. The van der Waals surface area contributed by atoms with Crippen molar-refractivity contribution >= 4 is 28.9 Å². The molecule has 0 bridgehead atoms.